The van der Waals surface area contributed by atoms with Crippen LogP contribution in [0.15, 0.2) is 66.7 Å². The van der Waals surface area contributed by atoms with E-state index in [1.165, 1.54) is 0 Å². The summed E-state index contributed by atoms with van der Waals surface area (Å²) in [7, 11) is 0. The molecule has 0 fully saturated rings. The van der Waals surface area contributed by atoms with Crippen LogP contribution in [0.25, 0.3) is 10.8 Å². The zero-order valence-corrected chi connectivity index (χ0v) is 12.9. The van der Waals surface area contributed by atoms with Gasteiger partial charge in [0.15, 0.2) is 0 Å². The van der Waals surface area contributed by atoms with Gasteiger partial charge < -0.3 is 5.32 Å². The third kappa shape index (κ3) is 2.98. The topological polar surface area (TPSA) is 29.1 Å². The molecule has 0 saturated carbocycles. The fourth-order valence-electron chi connectivity index (χ4n) is 2.27. The van der Waals surface area contributed by atoms with Crippen molar-refractivity contribution in [1.29, 1.82) is 0 Å². The molecule has 21 heavy (non-hydrogen) atoms. The number of halogens is 1. The first-order valence-electron chi connectivity index (χ1n) is 6.72. The van der Waals surface area contributed by atoms with Gasteiger partial charge in [0.25, 0.3) is 5.91 Å². The summed E-state index contributed by atoms with van der Waals surface area (Å²) in [5, 5.41) is 5.94. The summed E-state index contributed by atoms with van der Waals surface area (Å²) in [4.78, 5) is 12.3. The van der Waals surface area contributed by atoms with Gasteiger partial charge in [0.1, 0.15) is 0 Å². The van der Waals surface area contributed by atoms with Crippen LogP contribution in [0.2, 0.25) is 0 Å². The molecule has 3 heteroatoms. The van der Waals surface area contributed by atoms with Gasteiger partial charge in [-0.2, -0.15) is 0 Å². The van der Waals surface area contributed by atoms with Crippen LogP contribution >= 0.6 is 15.9 Å². The molecule has 0 heterocycles. The van der Waals surface area contributed by atoms with E-state index in [1.54, 1.807) is 0 Å². The van der Waals surface area contributed by atoms with Gasteiger partial charge in [0.2, 0.25) is 0 Å². The van der Waals surface area contributed by atoms with E-state index in [-0.39, 0.29) is 5.91 Å². The average molecular weight is 340 g/mol. The summed E-state index contributed by atoms with van der Waals surface area (Å²) < 4.78 is 0. The maximum Gasteiger partial charge on any atom is 0.255 e. The van der Waals surface area contributed by atoms with Gasteiger partial charge in [-0.15, -0.1) is 0 Å². The molecule has 0 aliphatic heterocycles. The summed E-state index contributed by atoms with van der Waals surface area (Å²) in [6, 6.07) is 21.5. The van der Waals surface area contributed by atoms with E-state index in [4.69, 9.17) is 0 Å². The Labute approximate surface area is 131 Å². The fourth-order valence-corrected chi connectivity index (χ4v) is 2.65. The molecule has 0 aromatic heterocycles. The molecule has 3 aromatic rings. The van der Waals surface area contributed by atoms with Gasteiger partial charge in [-0.05, 0) is 29.1 Å². The van der Waals surface area contributed by atoms with Crippen LogP contribution < -0.4 is 5.32 Å². The summed E-state index contributed by atoms with van der Waals surface area (Å²) in [6.07, 6.45) is 0. The van der Waals surface area contributed by atoms with Gasteiger partial charge in [-0.1, -0.05) is 64.5 Å². The molecule has 1 N–H and O–H groups in total. The van der Waals surface area contributed by atoms with Crippen molar-refractivity contribution in [2.75, 3.05) is 5.32 Å². The Morgan fingerprint density at radius 1 is 0.905 bits per heavy atom. The summed E-state index contributed by atoms with van der Waals surface area (Å²) >= 11 is 3.40. The second-order valence-electron chi connectivity index (χ2n) is 4.81. The third-order valence-electron chi connectivity index (χ3n) is 3.41. The van der Waals surface area contributed by atoms with Crippen molar-refractivity contribution in [2.45, 2.75) is 5.33 Å². The SMILES string of the molecule is O=C(Nc1cccc2ccccc12)c1ccc(CBr)cc1. The first-order chi connectivity index (χ1) is 10.3. The second-order valence-corrected chi connectivity index (χ2v) is 5.37. The first-order valence-corrected chi connectivity index (χ1v) is 7.84. The molecule has 0 aliphatic rings. The van der Waals surface area contributed by atoms with E-state index < -0.39 is 0 Å². The number of hydrogen-bond acceptors (Lipinski definition) is 1. The van der Waals surface area contributed by atoms with E-state index in [2.05, 4.69) is 21.2 Å². The molecule has 2 nitrogen and oxygen atoms in total. The second kappa shape index (κ2) is 6.10. The summed E-state index contributed by atoms with van der Waals surface area (Å²) in [5.74, 6) is -0.0903. The summed E-state index contributed by atoms with van der Waals surface area (Å²) in [5.41, 5.74) is 2.65. The highest BCUT2D eigenvalue weighted by Gasteiger charge is 2.08. The van der Waals surface area contributed by atoms with E-state index in [9.17, 15) is 4.79 Å². The Kier molecular flexibility index (Phi) is 4.02. The van der Waals surface area contributed by atoms with Crippen LogP contribution in [0.5, 0.6) is 0 Å². The van der Waals surface area contributed by atoms with E-state index in [0.29, 0.717) is 5.56 Å². The predicted molar refractivity (Wildman–Crippen MR) is 91.0 cm³/mol. The standard InChI is InChI=1S/C18H14BrNO/c19-12-13-8-10-15(11-9-13)18(21)20-17-7-3-5-14-4-1-2-6-16(14)17/h1-11H,12H2,(H,20,21). The number of carbonyl (C=O) groups is 1. The molecule has 3 aromatic carbocycles. The Bertz CT molecular complexity index is 775. The molecule has 104 valence electrons. The van der Waals surface area contributed by atoms with Crippen molar-refractivity contribution in [3.63, 3.8) is 0 Å². The van der Waals surface area contributed by atoms with E-state index in [1.807, 2.05) is 66.7 Å². The molecular weight excluding hydrogens is 326 g/mol. The minimum atomic E-state index is -0.0903. The van der Waals surface area contributed by atoms with Gasteiger partial charge in [0.05, 0.1) is 0 Å². The van der Waals surface area contributed by atoms with Crippen LogP contribution in [0, 0.1) is 0 Å². The Morgan fingerprint density at radius 2 is 1.62 bits per heavy atom. The zero-order valence-electron chi connectivity index (χ0n) is 11.3. The highest BCUT2D eigenvalue weighted by atomic mass is 79.9. The smallest absolute Gasteiger partial charge is 0.255 e. The molecule has 1 amide bonds. The number of hydrogen-bond donors (Lipinski definition) is 1. The van der Waals surface area contributed by atoms with Crippen molar-refractivity contribution in [2.24, 2.45) is 0 Å². The van der Waals surface area contributed by atoms with Crippen molar-refractivity contribution >= 4 is 38.3 Å². The molecule has 0 aliphatic carbocycles. The molecule has 0 atom stereocenters. The third-order valence-corrected chi connectivity index (χ3v) is 4.06. The fraction of sp³-hybridized carbons (Fsp3) is 0.0556. The zero-order chi connectivity index (χ0) is 14.7. The Morgan fingerprint density at radius 3 is 2.38 bits per heavy atom. The number of carbonyl (C=O) groups excluding carboxylic acids is 1. The Balaban J connectivity index is 1.89. The quantitative estimate of drug-likeness (QED) is 0.669. The Hall–Kier alpha value is -2.13. The highest BCUT2D eigenvalue weighted by molar-refractivity contribution is 9.08. The molecule has 0 bridgehead atoms. The van der Waals surface area contributed by atoms with Gasteiger partial charge in [-0.25, -0.2) is 0 Å². The minimum Gasteiger partial charge on any atom is -0.321 e. The normalized spacial score (nSPS) is 10.5. The maximum atomic E-state index is 12.3. The molecule has 0 unspecified atom stereocenters. The predicted octanol–water partition coefficient (Wildman–Crippen LogP) is 4.99. The number of nitrogens with one attached hydrogen (secondary N) is 1. The lowest BCUT2D eigenvalue weighted by atomic mass is 10.1. The van der Waals surface area contributed by atoms with E-state index >= 15 is 0 Å². The number of rotatable bonds is 3. The lowest BCUT2D eigenvalue weighted by Gasteiger charge is -2.09. The minimum absolute atomic E-state index is 0.0903. The van der Waals surface area contributed by atoms with Crippen LogP contribution in [-0.4, -0.2) is 5.91 Å². The van der Waals surface area contributed by atoms with Gasteiger partial charge in [-0.3, -0.25) is 4.79 Å². The number of fused-ring (bicyclic) bond motifs is 1. The van der Waals surface area contributed by atoms with Crippen molar-refractivity contribution < 1.29 is 4.79 Å². The van der Waals surface area contributed by atoms with Gasteiger partial charge in [0, 0.05) is 22.0 Å². The van der Waals surface area contributed by atoms with E-state index in [0.717, 1.165) is 27.4 Å². The largest absolute Gasteiger partial charge is 0.321 e. The van der Waals surface area contributed by atoms with Crippen LogP contribution in [0.1, 0.15) is 15.9 Å². The monoisotopic (exact) mass is 339 g/mol. The number of amides is 1. The lowest BCUT2D eigenvalue weighted by molar-refractivity contribution is 0.102. The van der Waals surface area contributed by atoms with Crippen molar-refractivity contribution in [1.82, 2.24) is 0 Å². The average Bonchev–Trinajstić information content (AvgIpc) is 2.55. The number of alkyl halides is 1. The van der Waals surface area contributed by atoms with Crippen LogP contribution in [0.3, 0.4) is 0 Å². The van der Waals surface area contributed by atoms with Crippen LogP contribution in [0.4, 0.5) is 5.69 Å². The highest BCUT2D eigenvalue weighted by Crippen LogP contribution is 2.23. The first kappa shape index (κ1) is 13.8. The maximum absolute atomic E-state index is 12.3. The van der Waals surface area contributed by atoms with Crippen molar-refractivity contribution in [3.05, 3.63) is 77.9 Å². The summed E-state index contributed by atoms with van der Waals surface area (Å²) in [6.45, 7) is 0. The molecule has 3 rings (SSSR count). The number of benzene rings is 3. The molecular formula is C18H14BrNO. The molecule has 0 saturated heterocycles. The molecule has 0 spiro atoms. The lowest BCUT2D eigenvalue weighted by Crippen LogP contribution is -2.12. The van der Waals surface area contributed by atoms with Crippen molar-refractivity contribution in [3.8, 4) is 0 Å². The number of anilines is 1. The van der Waals surface area contributed by atoms with Gasteiger partial charge >= 0.3 is 0 Å². The molecule has 0 radical (unpaired) electrons. The van der Waals surface area contributed by atoms with Crippen LogP contribution in [-0.2, 0) is 5.33 Å².